The number of hydrogen-bond acceptors (Lipinski definition) is 8. The van der Waals surface area contributed by atoms with E-state index in [0.29, 0.717) is 17.1 Å². The zero-order valence-corrected chi connectivity index (χ0v) is 20.5. The largest absolute Gasteiger partial charge is 0.476 e. The SMILES string of the molecule is CCc1cc2c(c(F)c1-c1noc(C(F)(F)F)c1C(=O)OC)O2.COC(=O)C(C)(C)Oc1ccccc1. The van der Waals surface area contributed by atoms with Crippen molar-refractivity contribution < 1.29 is 50.6 Å². The highest BCUT2D eigenvalue weighted by atomic mass is 19.4. The van der Waals surface area contributed by atoms with Crippen LogP contribution in [0.25, 0.3) is 11.3 Å². The van der Waals surface area contributed by atoms with E-state index >= 15 is 0 Å². The summed E-state index contributed by atoms with van der Waals surface area (Å²) in [7, 11) is 2.25. The van der Waals surface area contributed by atoms with Gasteiger partial charge in [0.1, 0.15) is 17.0 Å². The molecule has 1 aromatic heterocycles. The second-order valence-corrected chi connectivity index (χ2v) is 8.15. The summed E-state index contributed by atoms with van der Waals surface area (Å²) in [5, 5.41) is 3.26. The minimum absolute atomic E-state index is 0.0791. The number of aromatic nitrogens is 1. The predicted molar refractivity (Wildman–Crippen MR) is 121 cm³/mol. The molecule has 198 valence electrons. The molecule has 1 aliphatic heterocycles. The van der Waals surface area contributed by atoms with Crippen LogP contribution in [0.4, 0.5) is 17.6 Å². The number of benzene rings is 2. The molecule has 0 bridgehead atoms. The van der Waals surface area contributed by atoms with Crippen LogP contribution in [-0.4, -0.2) is 36.9 Å². The van der Waals surface area contributed by atoms with E-state index in [1.165, 1.54) is 13.2 Å². The van der Waals surface area contributed by atoms with E-state index < -0.39 is 40.6 Å². The number of rotatable bonds is 6. The molecule has 12 heteroatoms. The molecule has 0 saturated carbocycles. The third-order valence-corrected chi connectivity index (χ3v) is 5.19. The summed E-state index contributed by atoms with van der Waals surface area (Å²) in [4.78, 5) is 23.1. The van der Waals surface area contributed by atoms with Crippen LogP contribution >= 0.6 is 0 Å². The lowest BCUT2D eigenvalue weighted by Crippen LogP contribution is -2.39. The summed E-state index contributed by atoms with van der Waals surface area (Å²) in [5.41, 5.74) is -2.39. The normalized spacial score (nSPS) is 11.9. The molecule has 1 aliphatic rings. The lowest BCUT2D eigenvalue weighted by atomic mass is 9.98. The first-order valence-electron chi connectivity index (χ1n) is 10.9. The highest BCUT2D eigenvalue weighted by molar-refractivity contribution is 5.98. The van der Waals surface area contributed by atoms with E-state index in [9.17, 15) is 27.2 Å². The summed E-state index contributed by atoms with van der Waals surface area (Å²) in [6.07, 6.45) is -4.69. The number of halogens is 4. The molecule has 37 heavy (non-hydrogen) atoms. The second-order valence-electron chi connectivity index (χ2n) is 8.15. The highest BCUT2D eigenvalue weighted by Gasteiger charge is 2.45. The van der Waals surface area contributed by atoms with Gasteiger partial charge in [0.2, 0.25) is 5.75 Å². The number of fused-ring (bicyclic) bond motifs is 1. The molecule has 0 N–H and O–H groups in total. The Labute approximate surface area is 209 Å². The van der Waals surface area contributed by atoms with Crippen molar-refractivity contribution in [2.45, 2.75) is 39.0 Å². The predicted octanol–water partition coefficient (Wildman–Crippen LogP) is 5.97. The van der Waals surface area contributed by atoms with Crippen molar-refractivity contribution >= 4 is 11.9 Å². The molecule has 0 radical (unpaired) electrons. The van der Waals surface area contributed by atoms with Crippen molar-refractivity contribution in [3.05, 3.63) is 59.1 Å². The van der Waals surface area contributed by atoms with Crippen LogP contribution in [0, 0.1) is 5.82 Å². The molecular formula is C25H23F4NO7. The molecule has 0 unspecified atom stereocenters. The van der Waals surface area contributed by atoms with Crippen LogP contribution in [0.15, 0.2) is 40.9 Å². The number of nitrogens with zero attached hydrogens (tertiary/aromatic N) is 1. The molecule has 0 spiro atoms. The Morgan fingerprint density at radius 3 is 2.24 bits per heavy atom. The summed E-state index contributed by atoms with van der Waals surface area (Å²) < 4.78 is 77.0. The van der Waals surface area contributed by atoms with Gasteiger partial charge in [-0.05, 0) is 44.0 Å². The van der Waals surface area contributed by atoms with Gasteiger partial charge >= 0.3 is 18.1 Å². The number of ether oxygens (including phenoxy) is 4. The maximum Gasteiger partial charge on any atom is 0.453 e. The number of carbonyl (C=O) groups excluding carboxylic acids is 2. The number of methoxy groups -OCH3 is 2. The zero-order valence-electron chi connectivity index (χ0n) is 20.5. The average molecular weight is 525 g/mol. The summed E-state index contributed by atoms with van der Waals surface area (Å²) >= 11 is 0. The number of hydrogen-bond donors (Lipinski definition) is 0. The highest BCUT2D eigenvalue weighted by Crippen LogP contribution is 2.52. The van der Waals surface area contributed by atoms with Crippen LogP contribution < -0.4 is 9.47 Å². The first-order chi connectivity index (χ1) is 17.3. The van der Waals surface area contributed by atoms with E-state index in [2.05, 4.69) is 19.2 Å². The van der Waals surface area contributed by atoms with Crippen LogP contribution in [0.5, 0.6) is 17.2 Å². The Morgan fingerprint density at radius 2 is 1.70 bits per heavy atom. The molecule has 8 nitrogen and oxygen atoms in total. The number of carbonyl (C=O) groups is 2. The van der Waals surface area contributed by atoms with Gasteiger partial charge in [0.15, 0.2) is 17.2 Å². The summed E-state index contributed by atoms with van der Waals surface area (Å²) in [5.74, 6) is -3.34. The second kappa shape index (κ2) is 10.5. The van der Waals surface area contributed by atoms with Gasteiger partial charge in [0, 0.05) is 5.56 Å². The maximum absolute atomic E-state index is 14.4. The van der Waals surface area contributed by atoms with Gasteiger partial charge in [-0.15, -0.1) is 0 Å². The monoisotopic (exact) mass is 525 g/mol. The molecule has 0 saturated heterocycles. The molecular weight excluding hydrogens is 502 g/mol. The van der Waals surface area contributed by atoms with Crippen molar-refractivity contribution in [2.24, 2.45) is 0 Å². The number of esters is 2. The Hall–Kier alpha value is -4.09. The first kappa shape index (κ1) is 27.5. The lowest BCUT2D eigenvalue weighted by Gasteiger charge is -2.23. The Bertz CT molecular complexity index is 1300. The van der Waals surface area contributed by atoms with Gasteiger partial charge in [0.05, 0.1) is 14.2 Å². The van der Waals surface area contributed by atoms with Crippen molar-refractivity contribution in [1.82, 2.24) is 5.16 Å². The van der Waals surface area contributed by atoms with E-state index in [-0.39, 0.29) is 23.7 Å². The number of aryl methyl sites for hydroxylation is 1. The third kappa shape index (κ3) is 5.84. The van der Waals surface area contributed by atoms with E-state index in [0.717, 1.165) is 7.11 Å². The zero-order chi connectivity index (χ0) is 27.5. The molecule has 0 fully saturated rings. The van der Waals surface area contributed by atoms with Crippen molar-refractivity contribution in [2.75, 3.05) is 14.2 Å². The number of para-hydroxylation sites is 1. The van der Waals surface area contributed by atoms with Gasteiger partial charge in [0.25, 0.3) is 5.76 Å². The van der Waals surface area contributed by atoms with Gasteiger partial charge in [-0.3, -0.25) is 0 Å². The van der Waals surface area contributed by atoms with Gasteiger partial charge in [-0.2, -0.15) is 13.2 Å². The first-order valence-corrected chi connectivity index (χ1v) is 10.9. The average Bonchev–Trinajstić information content (AvgIpc) is 3.51. The topological polar surface area (TPSA) is 100 Å². The van der Waals surface area contributed by atoms with Crippen molar-refractivity contribution in [3.8, 4) is 28.5 Å². The van der Waals surface area contributed by atoms with Gasteiger partial charge < -0.3 is 23.5 Å². The van der Waals surface area contributed by atoms with Crippen molar-refractivity contribution in [3.63, 3.8) is 0 Å². The quantitative estimate of drug-likeness (QED) is 0.172. The molecule has 0 amide bonds. The van der Waals surface area contributed by atoms with Crippen LogP contribution in [-0.2, 0) is 26.9 Å². The molecule has 0 atom stereocenters. The molecule has 0 aliphatic carbocycles. The Balaban J connectivity index is 0.000000233. The van der Waals surface area contributed by atoms with E-state index in [4.69, 9.17) is 9.47 Å². The van der Waals surface area contributed by atoms with Gasteiger partial charge in [-0.25, -0.2) is 14.0 Å². The fourth-order valence-electron chi connectivity index (χ4n) is 3.37. The minimum atomic E-state index is -4.98. The smallest absolute Gasteiger partial charge is 0.453 e. The summed E-state index contributed by atoms with van der Waals surface area (Å²) in [6.45, 7) is 5.02. The van der Waals surface area contributed by atoms with Crippen LogP contribution in [0.1, 0.15) is 42.5 Å². The molecule has 4 rings (SSSR count). The standard InChI is InChI=1S/C14H9F4NO4.C11H14O3/c1-3-5-4-6-11(22-6)9(15)7(5)10-8(13(20)21-2)12(23-19-10)14(16,17)18;1-11(2,10(12)13-3)14-9-7-5-4-6-8-9/h4H,3H2,1-2H3;4-8H,1-3H3. The molecule has 2 heterocycles. The molecule has 3 aromatic rings. The van der Waals surface area contributed by atoms with Crippen molar-refractivity contribution in [1.29, 1.82) is 0 Å². The Kier molecular flexibility index (Phi) is 7.80. The van der Waals surface area contributed by atoms with E-state index in [1.54, 1.807) is 32.9 Å². The fourth-order valence-corrected chi connectivity index (χ4v) is 3.37. The van der Waals surface area contributed by atoms with Crippen LogP contribution in [0.2, 0.25) is 0 Å². The fraction of sp³-hybridized carbons (Fsp3) is 0.320. The maximum atomic E-state index is 14.4. The summed E-state index contributed by atoms with van der Waals surface area (Å²) in [6, 6.07) is 10.7. The van der Waals surface area contributed by atoms with Gasteiger partial charge in [-0.1, -0.05) is 30.3 Å². The third-order valence-electron chi connectivity index (χ3n) is 5.19. The van der Waals surface area contributed by atoms with E-state index in [1.807, 2.05) is 18.2 Å². The van der Waals surface area contributed by atoms with Crippen LogP contribution in [0.3, 0.4) is 0 Å². The lowest BCUT2D eigenvalue weighted by molar-refractivity contribution is -0.156. The number of alkyl halides is 3. The Morgan fingerprint density at radius 1 is 1.05 bits per heavy atom. The minimum Gasteiger partial charge on any atom is -0.476 e. The molecule has 2 aromatic carbocycles.